The van der Waals surface area contributed by atoms with E-state index in [0.29, 0.717) is 6.42 Å². The van der Waals surface area contributed by atoms with Gasteiger partial charge in [-0.2, -0.15) is 0 Å². The van der Waals surface area contributed by atoms with Crippen molar-refractivity contribution in [2.45, 2.75) is 29.8 Å². The van der Waals surface area contributed by atoms with Gasteiger partial charge in [0, 0.05) is 24.7 Å². The SMILES string of the molecule is CCC(O)N1c2ccc(OCOC)cc2SC1c1ccc(NC)cc1. The van der Waals surface area contributed by atoms with E-state index in [-0.39, 0.29) is 12.2 Å². The minimum Gasteiger partial charge on any atom is -0.468 e. The van der Waals surface area contributed by atoms with Gasteiger partial charge in [-0.1, -0.05) is 30.8 Å². The average Bonchev–Trinajstić information content (AvgIpc) is 3.04. The van der Waals surface area contributed by atoms with Crippen LogP contribution in [0.25, 0.3) is 0 Å². The summed E-state index contributed by atoms with van der Waals surface area (Å²) in [6.45, 7) is 2.21. The first-order chi connectivity index (χ1) is 12.2. The first-order valence-electron chi connectivity index (χ1n) is 8.34. The first-order valence-corrected chi connectivity index (χ1v) is 9.22. The molecule has 1 heterocycles. The molecule has 1 aliphatic rings. The normalized spacial score (nSPS) is 17.3. The third-order valence-corrected chi connectivity index (χ3v) is 5.52. The second-order valence-corrected chi connectivity index (χ2v) is 6.94. The lowest BCUT2D eigenvalue weighted by Gasteiger charge is -2.31. The number of benzene rings is 2. The number of methoxy groups -OCH3 is 1. The number of nitrogens with zero attached hydrogens (tertiary/aromatic N) is 1. The number of hydrogen-bond donors (Lipinski definition) is 2. The number of fused-ring (bicyclic) bond motifs is 1. The summed E-state index contributed by atoms with van der Waals surface area (Å²) in [6, 6.07) is 14.3. The van der Waals surface area contributed by atoms with E-state index in [1.807, 2.05) is 32.2 Å². The largest absolute Gasteiger partial charge is 0.468 e. The molecular weight excluding hydrogens is 336 g/mol. The molecule has 0 bridgehead atoms. The highest BCUT2D eigenvalue weighted by atomic mass is 32.2. The first kappa shape index (κ1) is 17.9. The van der Waals surface area contributed by atoms with E-state index in [2.05, 4.69) is 34.5 Å². The third-order valence-electron chi connectivity index (χ3n) is 4.21. The van der Waals surface area contributed by atoms with E-state index in [0.717, 1.165) is 27.6 Å². The van der Waals surface area contributed by atoms with Gasteiger partial charge in [-0.25, -0.2) is 0 Å². The molecule has 6 heteroatoms. The quantitative estimate of drug-likeness (QED) is 0.727. The second kappa shape index (κ2) is 7.99. The molecule has 2 atom stereocenters. The van der Waals surface area contributed by atoms with Gasteiger partial charge in [0.1, 0.15) is 17.4 Å². The van der Waals surface area contributed by atoms with Crippen molar-refractivity contribution < 1.29 is 14.6 Å². The molecule has 0 saturated heterocycles. The van der Waals surface area contributed by atoms with E-state index >= 15 is 0 Å². The summed E-state index contributed by atoms with van der Waals surface area (Å²) in [7, 11) is 3.51. The maximum atomic E-state index is 10.6. The number of rotatable bonds is 7. The molecule has 2 aromatic rings. The molecule has 0 spiro atoms. The minimum absolute atomic E-state index is 0.0357. The number of aliphatic hydroxyl groups excluding tert-OH is 1. The van der Waals surface area contributed by atoms with E-state index in [4.69, 9.17) is 9.47 Å². The number of ether oxygens (including phenoxy) is 2. The van der Waals surface area contributed by atoms with E-state index in [1.165, 1.54) is 0 Å². The lowest BCUT2D eigenvalue weighted by Crippen LogP contribution is -2.34. The molecule has 5 nitrogen and oxygen atoms in total. The zero-order valence-electron chi connectivity index (χ0n) is 14.7. The standard InChI is InChI=1S/C19H24N2O3S/c1-4-18(22)21-16-10-9-15(24-12-23-3)11-17(16)25-19(21)13-5-7-14(20-2)8-6-13/h5-11,18-20,22H,4,12H2,1-3H3. The predicted octanol–water partition coefficient (Wildman–Crippen LogP) is 4.05. The summed E-state index contributed by atoms with van der Waals surface area (Å²) in [5.41, 5.74) is 3.26. The van der Waals surface area contributed by atoms with Crippen molar-refractivity contribution >= 4 is 23.1 Å². The molecule has 2 N–H and O–H groups in total. The van der Waals surface area contributed by atoms with Crippen molar-refractivity contribution in [2.24, 2.45) is 0 Å². The Balaban J connectivity index is 1.92. The van der Waals surface area contributed by atoms with Gasteiger partial charge in [-0.3, -0.25) is 0 Å². The van der Waals surface area contributed by atoms with Crippen LogP contribution in [-0.4, -0.2) is 32.3 Å². The zero-order valence-corrected chi connectivity index (χ0v) is 15.5. The molecule has 0 fully saturated rings. The highest BCUT2D eigenvalue weighted by Crippen LogP contribution is 2.53. The number of aliphatic hydroxyl groups is 1. The molecule has 0 saturated carbocycles. The van der Waals surface area contributed by atoms with Crippen LogP contribution in [0.4, 0.5) is 11.4 Å². The third kappa shape index (κ3) is 3.71. The summed E-state index contributed by atoms with van der Waals surface area (Å²) < 4.78 is 10.5. The monoisotopic (exact) mass is 360 g/mol. The van der Waals surface area contributed by atoms with E-state index in [9.17, 15) is 5.11 Å². The van der Waals surface area contributed by atoms with Crippen LogP contribution < -0.4 is 15.0 Å². The van der Waals surface area contributed by atoms with Crippen LogP contribution in [-0.2, 0) is 4.74 Å². The molecule has 2 unspecified atom stereocenters. The van der Waals surface area contributed by atoms with Crippen LogP contribution in [0.15, 0.2) is 47.4 Å². The Morgan fingerprint density at radius 1 is 1.24 bits per heavy atom. The fourth-order valence-electron chi connectivity index (χ4n) is 2.88. The lowest BCUT2D eigenvalue weighted by molar-refractivity contribution is 0.0510. The molecule has 2 aromatic carbocycles. The predicted molar refractivity (Wildman–Crippen MR) is 102 cm³/mol. The van der Waals surface area contributed by atoms with Crippen molar-refractivity contribution in [1.29, 1.82) is 0 Å². The van der Waals surface area contributed by atoms with Crippen LogP contribution in [0.1, 0.15) is 24.3 Å². The second-order valence-electron chi connectivity index (χ2n) is 5.82. The molecule has 3 rings (SSSR count). The Kier molecular flexibility index (Phi) is 5.73. The summed E-state index contributed by atoms with van der Waals surface area (Å²) in [4.78, 5) is 3.18. The van der Waals surface area contributed by atoms with Crippen molar-refractivity contribution in [3.63, 3.8) is 0 Å². The Bertz CT molecular complexity index is 708. The topological polar surface area (TPSA) is 54.0 Å². The summed E-state index contributed by atoms with van der Waals surface area (Å²) in [5.74, 6) is 0.769. The minimum atomic E-state index is -0.534. The molecule has 0 aliphatic carbocycles. The number of hydrogen-bond acceptors (Lipinski definition) is 6. The summed E-state index contributed by atoms with van der Waals surface area (Å²) >= 11 is 1.73. The van der Waals surface area contributed by atoms with Gasteiger partial charge in [-0.15, -0.1) is 0 Å². The van der Waals surface area contributed by atoms with Gasteiger partial charge in [0.15, 0.2) is 6.79 Å². The van der Waals surface area contributed by atoms with Crippen molar-refractivity contribution in [2.75, 3.05) is 31.2 Å². The zero-order chi connectivity index (χ0) is 17.8. The molecule has 0 aromatic heterocycles. The Morgan fingerprint density at radius 3 is 2.64 bits per heavy atom. The fourth-order valence-corrected chi connectivity index (χ4v) is 4.26. The lowest BCUT2D eigenvalue weighted by atomic mass is 10.1. The maximum Gasteiger partial charge on any atom is 0.188 e. The van der Waals surface area contributed by atoms with Crippen LogP contribution in [0.2, 0.25) is 0 Å². The Labute approximate surface area is 152 Å². The van der Waals surface area contributed by atoms with Gasteiger partial charge in [0.25, 0.3) is 0 Å². The molecule has 25 heavy (non-hydrogen) atoms. The molecule has 0 amide bonds. The molecule has 134 valence electrons. The fraction of sp³-hybridized carbons (Fsp3) is 0.368. The average molecular weight is 360 g/mol. The van der Waals surface area contributed by atoms with Gasteiger partial charge in [0.05, 0.1) is 5.69 Å². The van der Waals surface area contributed by atoms with Gasteiger partial charge in [-0.05, 0) is 42.3 Å². The smallest absolute Gasteiger partial charge is 0.188 e. The highest BCUT2D eigenvalue weighted by Gasteiger charge is 2.35. The van der Waals surface area contributed by atoms with Crippen molar-refractivity contribution in [3.8, 4) is 5.75 Å². The van der Waals surface area contributed by atoms with Gasteiger partial charge < -0.3 is 24.8 Å². The van der Waals surface area contributed by atoms with Crippen LogP contribution >= 0.6 is 11.8 Å². The van der Waals surface area contributed by atoms with Crippen LogP contribution in [0.3, 0.4) is 0 Å². The summed E-state index contributed by atoms with van der Waals surface area (Å²) in [5, 5.41) is 13.8. The summed E-state index contributed by atoms with van der Waals surface area (Å²) in [6.07, 6.45) is 0.126. The van der Waals surface area contributed by atoms with Crippen LogP contribution in [0, 0.1) is 0 Å². The van der Waals surface area contributed by atoms with Crippen LogP contribution in [0.5, 0.6) is 5.75 Å². The molecule has 0 radical (unpaired) electrons. The molecule has 1 aliphatic heterocycles. The van der Waals surface area contributed by atoms with Gasteiger partial charge >= 0.3 is 0 Å². The maximum absolute atomic E-state index is 10.6. The van der Waals surface area contributed by atoms with Crippen molar-refractivity contribution in [3.05, 3.63) is 48.0 Å². The number of nitrogens with one attached hydrogen (secondary N) is 1. The Morgan fingerprint density at radius 2 is 2.00 bits per heavy atom. The van der Waals surface area contributed by atoms with E-state index in [1.54, 1.807) is 18.9 Å². The Hall–Kier alpha value is -1.89. The molecular formula is C19H24N2O3S. The van der Waals surface area contributed by atoms with E-state index < -0.39 is 6.23 Å². The van der Waals surface area contributed by atoms with Gasteiger partial charge in [0.2, 0.25) is 0 Å². The number of thioether (sulfide) groups is 1. The van der Waals surface area contributed by atoms with Crippen molar-refractivity contribution in [1.82, 2.24) is 0 Å². The number of anilines is 2. The highest BCUT2D eigenvalue weighted by molar-refractivity contribution is 8.00.